The van der Waals surface area contributed by atoms with Crippen LogP contribution in [0.5, 0.6) is 11.5 Å². The molecule has 2 heterocycles. The van der Waals surface area contributed by atoms with Crippen molar-refractivity contribution in [2.24, 2.45) is 17.8 Å². The summed E-state index contributed by atoms with van der Waals surface area (Å²) in [5.74, 6) is -1.85. The molecule has 0 unspecified atom stereocenters. The number of para-hydroxylation sites is 1. The van der Waals surface area contributed by atoms with E-state index in [1.807, 2.05) is 30.3 Å². The van der Waals surface area contributed by atoms with Crippen LogP contribution in [0.1, 0.15) is 44.6 Å². The van der Waals surface area contributed by atoms with Crippen molar-refractivity contribution in [2.75, 3.05) is 20.3 Å². The van der Waals surface area contributed by atoms with Gasteiger partial charge in [-0.25, -0.2) is 4.79 Å². The molecule has 216 valence electrons. The number of halogens is 1. The van der Waals surface area contributed by atoms with Crippen LogP contribution in [0.2, 0.25) is 5.02 Å². The third-order valence-corrected chi connectivity index (χ3v) is 8.49. The fourth-order valence-corrected chi connectivity index (χ4v) is 6.55. The first-order valence-corrected chi connectivity index (χ1v) is 14.3. The van der Waals surface area contributed by atoms with Gasteiger partial charge in [0.2, 0.25) is 11.8 Å². The van der Waals surface area contributed by atoms with Gasteiger partial charge >= 0.3 is 6.09 Å². The minimum atomic E-state index is -0.948. The fraction of sp³-hybridized carbons (Fsp3) is 0.406. The summed E-state index contributed by atoms with van der Waals surface area (Å²) < 4.78 is 17.2. The van der Waals surface area contributed by atoms with Crippen LogP contribution in [-0.2, 0) is 19.1 Å². The van der Waals surface area contributed by atoms with Crippen molar-refractivity contribution >= 4 is 35.6 Å². The molecule has 4 atom stereocenters. The largest absolute Gasteiger partial charge is 0.508 e. The molecule has 41 heavy (non-hydrogen) atoms. The Morgan fingerprint density at radius 3 is 2.61 bits per heavy atom. The van der Waals surface area contributed by atoms with Crippen LogP contribution >= 0.6 is 11.6 Å². The van der Waals surface area contributed by atoms with Crippen LogP contribution in [0, 0.1) is 17.8 Å². The van der Waals surface area contributed by atoms with Gasteiger partial charge in [-0.15, -0.1) is 0 Å². The van der Waals surface area contributed by atoms with Gasteiger partial charge in [-0.2, -0.15) is 4.90 Å². The second-order valence-corrected chi connectivity index (χ2v) is 11.1. The average Bonchev–Trinajstić information content (AvgIpc) is 3.50. The second kappa shape index (κ2) is 12.5. The molecule has 2 aliphatic heterocycles. The number of nitrogens with zero attached hydrogens (tertiary/aromatic N) is 1. The number of hydrogen-bond donors (Lipinski definition) is 1. The molecule has 2 aromatic carbocycles. The molecular formula is C32H34ClNO7. The number of phenolic OH excluding ortho intramolecular Hbond substituents is 1. The molecule has 8 nitrogen and oxygen atoms in total. The molecule has 0 bridgehead atoms. The number of phenols is 1. The zero-order valence-electron chi connectivity index (χ0n) is 23.2. The Labute approximate surface area is 244 Å². The van der Waals surface area contributed by atoms with Gasteiger partial charge < -0.3 is 19.3 Å². The number of fused-ring (bicyclic) bond motifs is 3. The highest BCUT2D eigenvalue weighted by Crippen LogP contribution is 2.50. The summed E-state index contributed by atoms with van der Waals surface area (Å²) >= 11 is 6.37. The number of carbonyl (C=O) groups excluding carboxylic acids is 3. The second-order valence-electron chi connectivity index (χ2n) is 10.7. The predicted octanol–water partition coefficient (Wildman–Crippen LogP) is 6.17. The number of likely N-dealkylation sites (tertiary alicyclic amines) is 1. The van der Waals surface area contributed by atoms with E-state index in [1.54, 1.807) is 12.1 Å². The van der Waals surface area contributed by atoms with E-state index in [1.165, 1.54) is 11.6 Å². The topological polar surface area (TPSA) is 102 Å². The third-order valence-electron chi connectivity index (χ3n) is 8.16. The molecule has 0 saturated carbocycles. The summed E-state index contributed by atoms with van der Waals surface area (Å²) in [5.41, 5.74) is 3.99. The quantitative estimate of drug-likeness (QED) is 0.280. The molecule has 1 N–H and O–H groups in total. The van der Waals surface area contributed by atoms with E-state index in [0.29, 0.717) is 35.1 Å². The van der Waals surface area contributed by atoms with Crippen LogP contribution in [-0.4, -0.2) is 54.3 Å². The molecule has 0 radical (unpaired) electrons. The van der Waals surface area contributed by atoms with E-state index >= 15 is 0 Å². The fourth-order valence-electron chi connectivity index (χ4n) is 6.32. The van der Waals surface area contributed by atoms with Crippen molar-refractivity contribution in [3.05, 3.63) is 75.8 Å². The monoisotopic (exact) mass is 579 g/mol. The van der Waals surface area contributed by atoms with E-state index in [2.05, 4.69) is 13.0 Å². The lowest BCUT2D eigenvalue weighted by Crippen LogP contribution is -2.38. The molecular weight excluding hydrogens is 546 g/mol. The Bertz CT molecular complexity index is 1390. The van der Waals surface area contributed by atoms with Crippen LogP contribution in [0.25, 0.3) is 6.08 Å². The summed E-state index contributed by atoms with van der Waals surface area (Å²) in [6, 6.07) is 14.4. The maximum Gasteiger partial charge on any atom is 0.423 e. The van der Waals surface area contributed by atoms with E-state index in [0.717, 1.165) is 43.1 Å². The van der Waals surface area contributed by atoms with Gasteiger partial charge in [0.15, 0.2) is 0 Å². The number of imide groups is 3. The molecule has 3 amide bonds. The first-order chi connectivity index (χ1) is 19.8. The molecule has 2 aromatic rings. The summed E-state index contributed by atoms with van der Waals surface area (Å²) in [6.07, 6.45) is 4.45. The molecule has 0 spiro atoms. The predicted molar refractivity (Wildman–Crippen MR) is 153 cm³/mol. The Kier molecular flexibility index (Phi) is 8.80. The summed E-state index contributed by atoms with van der Waals surface area (Å²) in [6.45, 7) is 2.67. The van der Waals surface area contributed by atoms with Crippen LogP contribution in [0.4, 0.5) is 4.79 Å². The van der Waals surface area contributed by atoms with Crippen molar-refractivity contribution in [2.45, 2.75) is 45.1 Å². The summed E-state index contributed by atoms with van der Waals surface area (Å²) in [5, 5.41) is 10.2. The number of benzene rings is 2. The Morgan fingerprint density at radius 2 is 1.90 bits per heavy atom. The molecule has 2 saturated heterocycles. The van der Waals surface area contributed by atoms with Gasteiger partial charge in [-0.05, 0) is 72.7 Å². The highest BCUT2D eigenvalue weighted by molar-refractivity contribution is 6.32. The van der Waals surface area contributed by atoms with E-state index in [4.69, 9.17) is 25.8 Å². The molecule has 2 fully saturated rings. The average molecular weight is 580 g/mol. The summed E-state index contributed by atoms with van der Waals surface area (Å²) in [7, 11) is 1.16. The SMILES string of the molecule is CCC/C(=C\c1ccc(O)cc1Cl)CC[C@H]1OC[C@H]2C1=C(COc1ccccc1)C[C@H]1C(=O)N(C(=O)OC)C(=O)[C@H]12. The number of allylic oxidation sites excluding steroid dienone is 1. The molecule has 3 aliphatic rings. The number of amides is 3. The van der Waals surface area contributed by atoms with Gasteiger partial charge in [-0.3, -0.25) is 9.59 Å². The van der Waals surface area contributed by atoms with E-state index < -0.39 is 29.7 Å². The first-order valence-electron chi connectivity index (χ1n) is 14.0. The highest BCUT2D eigenvalue weighted by Gasteiger charge is 2.59. The zero-order chi connectivity index (χ0) is 29.1. The van der Waals surface area contributed by atoms with Gasteiger partial charge in [0.1, 0.15) is 18.1 Å². The Hall–Kier alpha value is -3.62. The van der Waals surface area contributed by atoms with Crippen molar-refractivity contribution < 1.29 is 33.7 Å². The van der Waals surface area contributed by atoms with Crippen molar-refractivity contribution in [3.8, 4) is 11.5 Å². The van der Waals surface area contributed by atoms with Gasteiger partial charge in [0.25, 0.3) is 0 Å². The van der Waals surface area contributed by atoms with Gasteiger partial charge in [0, 0.05) is 5.92 Å². The zero-order valence-corrected chi connectivity index (χ0v) is 23.9. The summed E-state index contributed by atoms with van der Waals surface area (Å²) in [4.78, 5) is 39.5. The minimum Gasteiger partial charge on any atom is -0.508 e. The lowest BCUT2D eigenvalue weighted by atomic mass is 9.69. The molecule has 0 aromatic heterocycles. The number of methoxy groups -OCH3 is 1. The lowest BCUT2D eigenvalue weighted by molar-refractivity contribution is -0.137. The molecule has 1 aliphatic carbocycles. The van der Waals surface area contributed by atoms with Crippen molar-refractivity contribution in [3.63, 3.8) is 0 Å². The molecule has 5 rings (SSSR count). The standard InChI is InChI=1S/C32H34ClNO7/c1-3-7-19(14-20-11-12-22(35)16-26(20)33)10-13-27-28-21(17-40-23-8-5-4-6-9-23)15-24-29(25(28)18-41-27)31(37)34(30(24)36)32(38)39-2/h4-6,8-9,11-12,14,16,24-25,27,29,35H,3,7,10,13,15,17-18H2,1-2H3/b19-14+/t24-,25+,27-,29-/m1/s1. The van der Waals surface area contributed by atoms with E-state index in [9.17, 15) is 19.5 Å². The van der Waals surface area contributed by atoms with Crippen LogP contribution in [0.3, 0.4) is 0 Å². The first kappa shape index (κ1) is 28.9. The van der Waals surface area contributed by atoms with E-state index in [-0.39, 0.29) is 24.4 Å². The third kappa shape index (κ3) is 5.90. The van der Waals surface area contributed by atoms with Gasteiger partial charge in [-0.1, -0.05) is 54.8 Å². The number of ether oxygens (including phenoxy) is 3. The Morgan fingerprint density at radius 1 is 1.12 bits per heavy atom. The number of carbonyl (C=O) groups is 3. The number of rotatable bonds is 9. The Balaban J connectivity index is 1.42. The minimum absolute atomic E-state index is 0.119. The van der Waals surface area contributed by atoms with Crippen molar-refractivity contribution in [1.82, 2.24) is 4.90 Å². The molecule has 9 heteroatoms. The highest BCUT2D eigenvalue weighted by atomic mass is 35.5. The van der Waals surface area contributed by atoms with Gasteiger partial charge in [0.05, 0.1) is 36.7 Å². The number of aromatic hydroxyl groups is 1. The smallest absolute Gasteiger partial charge is 0.423 e. The lowest BCUT2D eigenvalue weighted by Gasteiger charge is -2.31. The van der Waals surface area contributed by atoms with Crippen LogP contribution < -0.4 is 4.74 Å². The number of hydrogen-bond acceptors (Lipinski definition) is 7. The van der Waals surface area contributed by atoms with Crippen LogP contribution in [0.15, 0.2) is 65.3 Å². The van der Waals surface area contributed by atoms with Crippen molar-refractivity contribution in [1.29, 1.82) is 0 Å². The maximum absolute atomic E-state index is 13.4. The maximum atomic E-state index is 13.4. The normalized spacial score (nSPS) is 24.0.